The van der Waals surface area contributed by atoms with Gasteiger partial charge in [-0.2, -0.15) is 0 Å². The second-order valence-electron chi connectivity index (χ2n) is 4.52. The van der Waals surface area contributed by atoms with Gasteiger partial charge in [0.15, 0.2) is 5.13 Å². The normalized spacial score (nSPS) is 12.8. The lowest BCUT2D eigenvalue weighted by Crippen LogP contribution is -2.05. The van der Waals surface area contributed by atoms with Crippen LogP contribution in [0.25, 0.3) is 10.2 Å². The molecule has 0 fully saturated rings. The number of rotatable bonds is 4. The maximum atomic E-state index is 5.98. The third-order valence-corrected chi connectivity index (χ3v) is 5.51. The lowest BCUT2D eigenvalue weighted by atomic mass is 10.3. The summed E-state index contributed by atoms with van der Waals surface area (Å²) in [6.07, 6.45) is 2.99. The van der Waals surface area contributed by atoms with Crippen molar-refractivity contribution in [1.82, 2.24) is 9.97 Å². The molecule has 0 spiro atoms. The number of benzene rings is 1. The van der Waals surface area contributed by atoms with Crippen LogP contribution in [0.3, 0.4) is 0 Å². The summed E-state index contributed by atoms with van der Waals surface area (Å²) in [4.78, 5) is 10.3. The molecule has 1 N–H and O–H groups in total. The van der Waals surface area contributed by atoms with E-state index in [1.54, 1.807) is 22.7 Å². The average Bonchev–Trinajstić information content (AvgIpc) is 3.03. The lowest BCUT2D eigenvalue weighted by molar-refractivity contribution is 0.867. The molecule has 1 aromatic carbocycles. The number of halogens is 1. The molecule has 3 rings (SSSR count). The third-order valence-electron chi connectivity index (χ3n) is 2.98. The molecule has 0 amide bonds. The average molecular weight is 324 g/mol. The highest BCUT2D eigenvalue weighted by Gasteiger charge is 2.12. The summed E-state index contributed by atoms with van der Waals surface area (Å²) in [6, 6.07) is 5.95. The van der Waals surface area contributed by atoms with Crippen molar-refractivity contribution in [2.24, 2.45) is 0 Å². The van der Waals surface area contributed by atoms with Crippen LogP contribution in [-0.2, 0) is 6.42 Å². The standard InChI is InChI=1S/C14H14ClN3S2/c1-3-10-7-16-13(19-10)8(2)17-14-18-11-6-9(15)4-5-12(11)20-14/h4-8H,3H2,1-2H3,(H,17,18). The number of hydrogen-bond donors (Lipinski definition) is 1. The van der Waals surface area contributed by atoms with Gasteiger partial charge in [0.2, 0.25) is 0 Å². The van der Waals surface area contributed by atoms with E-state index >= 15 is 0 Å². The van der Waals surface area contributed by atoms with Crippen molar-refractivity contribution in [1.29, 1.82) is 0 Å². The monoisotopic (exact) mass is 323 g/mol. The summed E-state index contributed by atoms with van der Waals surface area (Å²) in [5.74, 6) is 0. The Morgan fingerprint density at radius 2 is 2.20 bits per heavy atom. The van der Waals surface area contributed by atoms with Gasteiger partial charge in [0.05, 0.1) is 16.3 Å². The number of aromatic nitrogens is 2. The maximum Gasteiger partial charge on any atom is 0.184 e. The zero-order valence-electron chi connectivity index (χ0n) is 11.2. The van der Waals surface area contributed by atoms with E-state index in [9.17, 15) is 0 Å². The molecule has 1 unspecified atom stereocenters. The minimum atomic E-state index is 0.163. The fourth-order valence-electron chi connectivity index (χ4n) is 1.90. The molecular formula is C14H14ClN3S2. The van der Waals surface area contributed by atoms with Gasteiger partial charge in [0.25, 0.3) is 0 Å². The first-order valence-corrected chi connectivity index (χ1v) is 8.44. The summed E-state index contributed by atoms with van der Waals surface area (Å²) in [7, 11) is 0. The first-order chi connectivity index (χ1) is 9.65. The SMILES string of the molecule is CCc1cnc(C(C)Nc2nc3cc(Cl)ccc3s2)s1. The Balaban J connectivity index is 1.81. The zero-order valence-corrected chi connectivity index (χ0v) is 13.6. The molecule has 0 radical (unpaired) electrons. The van der Waals surface area contributed by atoms with E-state index in [1.807, 2.05) is 24.4 Å². The molecule has 0 aliphatic rings. The summed E-state index contributed by atoms with van der Waals surface area (Å²) >= 11 is 9.37. The topological polar surface area (TPSA) is 37.8 Å². The van der Waals surface area contributed by atoms with Crippen molar-refractivity contribution in [3.05, 3.63) is 39.3 Å². The predicted octanol–water partition coefficient (Wildman–Crippen LogP) is 5.14. The molecule has 3 aromatic rings. The quantitative estimate of drug-likeness (QED) is 0.722. The zero-order chi connectivity index (χ0) is 14.1. The van der Waals surface area contributed by atoms with Crippen LogP contribution in [0.5, 0.6) is 0 Å². The molecule has 0 saturated carbocycles. The second-order valence-corrected chi connectivity index (χ2v) is 7.13. The van der Waals surface area contributed by atoms with Gasteiger partial charge in [-0.3, -0.25) is 0 Å². The van der Waals surface area contributed by atoms with Crippen molar-refractivity contribution in [3.63, 3.8) is 0 Å². The first kappa shape index (κ1) is 13.8. The Bertz CT molecular complexity index is 735. The Morgan fingerprint density at radius 1 is 1.35 bits per heavy atom. The number of nitrogens with one attached hydrogen (secondary N) is 1. The van der Waals surface area contributed by atoms with E-state index < -0.39 is 0 Å². The molecule has 0 bridgehead atoms. The molecular weight excluding hydrogens is 310 g/mol. The van der Waals surface area contributed by atoms with Crippen molar-refractivity contribution in [2.75, 3.05) is 5.32 Å². The van der Waals surface area contributed by atoms with Crippen molar-refractivity contribution in [3.8, 4) is 0 Å². The van der Waals surface area contributed by atoms with Crippen LogP contribution in [0.15, 0.2) is 24.4 Å². The Morgan fingerprint density at radius 3 is 2.95 bits per heavy atom. The number of hydrogen-bond acceptors (Lipinski definition) is 5. The van der Waals surface area contributed by atoms with E-state index in [1.165, 1.54) is 4.88 Å². The second kappa shape index (κ2) is 5.68. The van der Waals surface area contributed by atoms with Crippen molar-refractivity contribution < 1.29 is 0 Å². The fourth-order valence-corrected chi connectivity index (χ4v) is 3.85. The Hall–Kier alpha value is -1.17. The minimum Gasteiger partial charge on any atom is -0.353 e. The van der Waals surface area contributed by atoms with Crippen LogP contribution >= 0.6 is 34.3 Å². The summed E-state index contributed by atoms with van der Waals surface area (Å²) in [5.41, 5.74) is 0.936. The molecule has 0 saturated heterocycles. The number of anilines is 1. The van der Waals surface area contributed by atoms with Crippen LogP contribution in [0.2, 0.25) is 5.02 Å². The van der Waals surface area contributed by atoms with E-state index in [0.717, 1.165) is 31.8 Å². The molecule has 3 nitrogen and oxygen atoms in total. The summed E-state index contributed by atoms with van der Waals surface area (Å²) < 4.78 is 1.14. The molecule has 2 heterocycles. The van der Waals surface area contributed by atoms with Gasteiger partial charge in [0.1, 0.15) is 5.01 Å². The third kappa shape index (κ3) is 2.80. The van der Waals surface area contributed by atoms with E-state index in [0.29, 0.717) is 0 Å². The van der Waals surface area contributed by atoms with Crippen LogP contribution < -0.4 is 5.32 Å². The molecule has 104 valence electrons. The number of thiazole rings is 2. The van der Waals surface area contributed by atoms with Crippen LogP contribution in [0.4, 0.5) is 5.13 Å². The number of fused-ring (bicyclic) bond motifs is 1. The molecule has 0 aliphatic heterocycles. The Labute approximate surface area is 130 Å². The highest BCUT2D eigenvalue weighted by atomic mass is 35.5. The van der Waals surface area contributed by atoms with E-state index in [4.69, 9.17) is 11.6 Å². The molecule has 6 heteroatoms. The number of aryl methyl sites for hydroxylation is 1. The van der Waals surface area contributed by atoms with E-state index in [-0.39, 0.29) is 6.04 Å². The predicted molar refractivity (Wildman–Crippen MR) is 88.2 cm³/mol. The largest absolute Gasteiger partial charge is 0.353 e. The highest BCUT2D eigenvalue weighted by molar-refractivity contribution is 7.22. The van der Waals surface area contributed by atoms with Crippen LogP contribution in [0, 0.1) is 0 Å². The van der Waals surface area contributed by atoms with Gasteiger partial charge in [-0.15, -0.1) is 11.3 Å². The molecule has 2 aromatic heterocycles. The molecule has 0 aliphatic carbocycles. The number of nitrogens with zero attached hydrogens (tertiary/aromatic N) is 2. The smallest absolute Gasteiger partial charge is 0.184 e. The fraction of sp³-hybridized carbons (Fsp3) is 0.286. The minimum absolute atomic E-state index is 0.163. The van der Waals surface area contributed by atoms with Gasteiger partial charge in [-0.1, -0.05) is 29.9 Å². The summed E-state index contributed by atoms with van der Waals surface area (Å²) in [6.45, 7) is 4.25. The Kier molecular flexibility index (Phi) is 3.92. The van der Waals surface area contributed by atoms with Crippen LogP contribution in [-0.4, -0.2) is 9.97 Å². The summed E-state index contributed by atoms with van der Waals surface area (Å²) in [5, 5.41) is 6.14. The van der Waals surface area contributed by atoms with Gasteiger partial charge in [-0.25, -0.2) is 9.97 Å². The van der Waals surface area contributed by atoms with Gasteiger partial charge in [0, 0.05) is 16.1 Å². The highest BCUT2D eigenvalue weighted by Crippen LogP contribution is 2.31. The van der Waals surface area contributed by atoms with E-state index in [2.05, 4.69) is 29.1 Å². The van der Waals surface area contributed by atoms with Crippen molar-refractivity contribution >= 4 is 49.6 Å². The van der Waals surface area contributed by atoms with Gasteiger partial charge >= 0.3 is 0 Å². The van der Waals surface area contributed by atoms with Gasteiger partial charge in [-0.05, 0) is 31.5 Å². The van der Waals surface area contributed by atoms with Gasteiger partial charge < -0.3 is 5.32 Å². The molecule has 20 heavy (non-hydrogen) atoms. The maximum absolute atomic E-state index is 5.98. The molecule has 1 atom stereocenters. The lowest BCUT2D eigenvalue weighted by Gasteiger charge is -2.08. The van der Waals surface area contributed by atoms with Crippen molar-refractivity contribution in [2.45, 2.75) is 26.3 Å². The van der Waals surface area contributed by atoms with Crippen LogP contribution in [0.1, 0.15) is 29.8 Å². The first-order valence-electron chi connectivity index (χ1n) is 6.43.